The van der Waals surface area contributed by atoms with E-state index in [1.807, 2.05) is 0 Å². The predicted molar refractivity (Wildman–Crippen MR) is 45.3 cm³/mol. The molecule has 2 nitrogen and oxygen atoms in total. The highest BCUT2D eigenvalue weighted by Crippen LogP contribution is 2.35. The zero-order valence-corrected chi connectivity index (χ0v) is 8.03. The van der Waals surface area contributed by atoms with E-state index in [1.165, 1.54) is 0 Å². The Morgan fingerprint density at radius 3 is 2.36 bits per heavy atom. The Balaban J connectivity index is 3.08. The van der Waals surface area contributed by atoms with Crippen molar-refractivity contribution in [1.29, 1.82) is 0 Å². The Morgan fingerprint density at radius 2 is 1.93 bits per heavy atom. The van der Waals surface area contributed by atoms with Crippen LogP contribution in [0.15, 0.2) is 12.3 Å². The van der Waals surface area contributed by atoms with E-state index >= 15 is 0 Å². The lowest BCUT2D eigenvalue weighted by Crippen LogP contribution is -2.21. The predicted octanol–water partition coefficient (Wildman–Crippen LogP) is 2.98. The molecule has 78 valence electrons. The molecule has 1 heterocycles. The van der Waals surface area contributed by atoms with E-state index in [-0.39, 0.29) is 10.0 Å². The van der Waals surface area contributed by atoms with Gasteiger partial charge in [0.05, 0.1) is 15.7 Å². The van der Waals surface area contributed by atoms with Crippen molar-refractivity contribution in [3.05, 3.63) is 28.0 Å². The van der Waals surface area contributed by atoms with Crippen LogP contribution in [-0.2, 0) is 0 Å². The average molecular weight is 246 g/mol. The van der Waals surface area contributed by atoms with Gasteiger partial charge in [0.1, 0.15) is 0 Å². The molecule has 0 aliphatic heterocycles. The van der Waals surface area contributed by atoms with Crippen LogP contribution in [0.25, 0.3) is 0 Å². The van der Waals surface area contributed by atoms with E-state index in [9.17, 15) is 13.2 Å². The Bertz CT molecular complexity index is 342. The van der Waals surface area contributed by atoms with Crippen LogP contribution < -0.4 is 0 Å². The molecule has 0 radical (unpaired) electrons. The van der Waals surface area contributed by atoms with Crippen LogP contribution in [0.4, 0.5) is 13.2 Å². The van der Waals surface area contributed by atoms with Crippen molar-refractivity contribution >= 4 is 23.2 Å². The van der Waals surface area contributed by atoms with Crippen molar-refractivity contribution in [2.75, 3.05) is 0 Å². The Labute approximate surface area is 87.3 Å². The van der Waals surface area contributed by atoms with Crippen molar-refractivity contribution in [1.82, 2.24) is 4.98 Å². The molecule has 0 amide bonds. The molecule has 0 fully saturated rings. The van der Waals surface area contributed by atoms with Crippen molar-refractivity contribution in [2.45, 2.75) is 12.3 Å². The minimum Gasteiger partial charge on any atom is -0.378 e. The van der Waals surface area contributed by atoms with Crippen LogP contribution in [0.5, 0.6) is 0 Å². The standard InChI is InChI=1S/C7H4Cl2F3NO/c8-3-1-4(9)5(13-2-3)6(14)7(10,11)12/h1-2,6,14H/t6-/m0/s1. The zero-order chi connectivity index (χ0) is 10.9. The maximum Gasteiger partial charge on any atom is 0.420 e. The van der Waals surface area contributed by atoms with Gasteiger partial charge in [0.15, 0.2) is 6.10 Å². The van der Waals surface area contributed by atoms with Crippen LogP contribution >= 0.6 is 23.2 Å². The number of hydrogen-bond acceptors (Lipinski definition) is 2. The van der Waals surface area contributed by atoms with E-state index in [2.05, 4.69) is 4.98 Å². The van der Waals surface area contributed by atoms with Gasteiger partial charge in [0.2, 0.25) is 0 Å². The molecule has 0 saturated heterocycles. The largest absolute Gasteiger partial charge is 0.420 e. The molecular weight excluding hydrogens is 242 g/mol. The Kier molecular flexibility index (Phi) is 3.24. The Morgan fingerprint density at radius 1 is 1.36 bits per heavy atom. The number of alkyl halides is 3. The van der Waals surface area contributed by atoms with Crippen molar-refractivity contribution < 1.29 is 18.3 Å². The number of nitrogens with zero attached hydrogens (tertiary/aromatic N) is 1. The van der Waals surface area contributed by atoms with E-state index < -0.39 is 18.0 Å². The topological polar surface area (TPSA) is 33.1 Å². The fraction of sp³-hybridized carbons (Fsp3) is 0.286. The smallest absolute Gasteiger partial charge is 0.378 e. The van der Waals surface area contributed by atoms with Gasteiger partial charge in [0, 0.05) is 6.20 Å². The summed E-state index contributed by atoms with van der Waals surface area (Å²) in [6.07, 6.45) is -6.49. The maximum atomic E-state index is 12.0. The summed E-state index contributed by atoms with van der Waals surface area (Å²) in [4.78, 5) is 3.31. The molecule has 0 aliphatic rings. The number of pyridine rings is 1. The van der Waals surface area contributed by atoms with E-state index in [4.69, 9.17) is 28.3 Å². The van der Waals surface area contributed by atoms with Crippen LogP contribution in [0.3, 0.4) is 0 Å². The molecule has 1 aromatic rings. The molecule has 7 heteroatoms. The summed E-state index contributed by atoms with van der Waals surface area (Å²) in [7, 11) is 0. The van der Waals surface area contributed by atoms with Gasteiger partial charge in [-0.05, 0) is 6.07 Å². The minimum absolute atomic E-state index is 0.105. The van der Waals surface area contributed by atoms with Crippen LogP contribution in [0.2, 0.25) is 10.0 Å². The molecule has 1 aromatic heterocycles. The molecule has 14 heavy (non-hydrogen) atoms. The highest BCUT2D eigenvalue weighted by molar-refractivity contribution is 6.34. The number of hydrogen-bond donors (Lipinski definition) is 1. The third kappa shape index (κ3) is 2.50. The third-order valence-electron chi connectivity index (χ3n) is 1.41. The Hall–Kier alpha value is -0.520. The monoisotopic (exact) mass is 245 g/mol. The van der Waals surface area contributed by atoms with Gasteiger partial charge in [-0.3, -0.25) is 4.98 Å². The molecule has 0 aromatic carbocycles. The fourth-order valence-electron chi connectivity index (χ4n) is 0.781. The zero-order valence-electron chi connectivity index (χ0n) is 6.52. The number of aliphatic hydroxyl groups excluding tert-OH is 1. The van der Waals surface area contributed by atoms with Crippen LogP contribution in [0.1, 0.15) is 11.8 Å². The lowest BCUT2D eigenvalue weighted by atomic mass is 10.2. The normalized spacial score (nSPS) is 14.1. The highest BCUT2D eigenvalue weighted by atomic mass is 35.5. The molecule has 1 rings (SSSR count). The second kappa shape index (κ2) is 3.92. The first kappa shape index (κ1) is 11.6. The van der Waals surface area contributed by atoms with E-state index in [1.54, 1.807) is 0 Å². The van der Waals surface area contributed by atoms with Gasteiger partial charge in [-0.1, -0.05) is 23.2 Å². The third-order valence-corrected chi connectivity index (χ3v) is 1.91. The van der Waals surface area contributed by atoms with Gasteiger partial charge < -0.3 is 5.11 Å². The van der Waals surface area contributed by atoms with E-state index in [0.29, 0.717) is 0 Å². The maximum absolute atomic E-state index is 12.0. The van der Waals surface area contributed by atoms with Crippen LogP contribution in [0, 0.1) is 0 Å². The summed E-state index contributed by atoms with van der Waals surface area (Å²) in [6, 6.07) is 1.08. The summed E-state index contributed by atoms with van der Waals surface area (Å²) < 4.78 is 36.1. The van der Waals surface area contributed by atoms with Crippen molar-refractivity contribution in [2.24, 2.45) is 0 Å². The summed E-state index contributed by atoms with van der Waals surface area (Å²) in [5, 5.41) is 8.60. The molecule has 0 spiro atoms. The van der Waals surface area contributed by atoms with Crippen LogP contribution in [-0.4, -0.2) is 16.3 Å². The van der Waals surface area contributed by atoms with Gasteiger partial charge in [-0.25, -0.2) is 0 Å². The lowest BCUT2D eigenvalue weighted by Gasteiger charge is -2.14. The molecule has 1 N–H and O–H groups in total. The summed E-state index contributed by atoms with van der Waals surface area (Å²) in [5.41, 5.74) is -0.649. The second-order valence-electron chi connectivity index (χ2n) is 2.46. The molecule has 0 saturated carbocycles. The number of aromatic nitrogens is 1. The summed E-state index contributed by atoms with van der Waals surface area (Å²) in [6.45, 7) is 0. The fourth-order valence-corrected chi connectivity index (χ4v) is 1.26. The summed E-state index contributed by atoms with van der Waals surface area (Å²) in [5.74, 6) is 0. The highest BCUT2D eigenvalue weighted by Gasteiger charge is 2.41. The van der Waals surface area contributed by atoms with Crippen molar-refractivity contribution in [3.8, 4) is 0 Å². The molecule has 0 bridgehead atoms. The van der Waals surface area contributed by atoms with Gasteiger partial charge in [0.25, 0.3) is 0 Å². The van der Waals surface area contributed by atoms with Gasteiger partial charge >= 0.3 is 6.18 Å². The van der Waals surface area contributed by atoms with Gasteiger partial charge in [-0.15, -0.1) is 0 Å². The van der Waals surface area contributed by atoms with Crippen molar-refractivity contribution in [3.63, 3.8) is 0 Å². The number of rotatable bonds is 1. The number of aliphatic hydroxyl groups is 1. The van der Waals surface area contributed by atoms with E-state index in [0.717, 1.165) is 12.3 Å². The average Bonchev–Trinajstić information content (AvgIpc) is 2.01. The second-order valence-corrected chi connectivity index (χ2v) is 3.31. The first-order valence-electron chi connectivity index (χ1n) is 3.38. The summed E-state index contributed by atoms with van der Waals surface area (Å²) >= 11 is 10.8. The van der Waals surface area contributed by atoms with Gasteiger partial charge in [-0.2, -0.15) is 13.2 Å². The molecule has 1 atom stereocenters. The molecule has 0 unspecified atom stereocenters. The molecule has 0 aliphatic carbocycles. The lowest BCUT2D eigenvalue weighted by molar-refractivity contribution is -0.207. The number of halogens is 5. The molecular formula is C7H4Cl2F3NO. The minimum atomic E-state index is -4.79. The first-order chi connectivity index (χ1) is 6.32. The SMILES string of the molecule is O[C@@H](c1ncc(Cl)cc1Cl)C(F)(F)F. The first-order valence-corrected chi connectivity index (χ1v) is 4.13. The quantitative estimate of drug-likeness (QED) is 0.826.